The summed E-state index contributed by atoms with van der Waals surface area (Å²) in [5, 5.41) is 4.02. The van der Waals surface area contributed by atoms with Gasteiger partial charge in [0, 0.05) is 30.5 Å². The van der Waals surface area contributed by atoms with E-state index in [2.05, 4.69) is 15.3 Å². The van der Waals surface area contributed by atoms with Gasteiger partial charge in [-0.25, -0.2) is 9.97 Å². The Bertz CT molecular complexity index is 342. The normalized spacial score (nSPS) is 24.9. The van der Waals surface area contributed by atoms with Gasteiger partial charge in [-0.05, 0) is 31.4 Å². The Morgan fingerprint density at radius 3 is 2.69 bits per heavy atom. The van der Waals surface area contributed by atoms with Crippen molar-refractivity contribution >= 4 is 11.8 Å². The molecule has 1 aliphatic carbocycles. The number of nitrogens with zero attached hydrogens (tertiary/aromatic N) is 2. The van der Waals surface area contributed by atoms with Gasteiger partial charge in [-0.3, -0.25) is 0 Å². The minimum Gasteiger partial charge on any atom is -0.310 e. The highest BCUT2D eigenvalue weighted by Gasteiger charge is 2.21. The third-order valence-electron chi connectivity index (χ3n) is 3.12. The molecule has 1 unspecified atom stereocenters. The van der Waals surface area contributed by atoms with Crippen molar-refractivity contribution in [1.82, 2.24) is 15.3 Å². The summed E-state index contributed by atoms with van der Waals surface area (Å²) in [6.07, 6.45) is 9.18. The van der Waals surface area contributed by atoms with Gasteiger partial charge >= 0.3 is 0 Å². The second-order valence-corrected chi connectivity index (χ2v) is 5.92. The maximum atomic E-state index is 4.49. The number of thioether (sulfide) groups is 1. The van der Waals surface area contributed by atoms with Crippen molar-refractivity contribution in [3.05, 3.63) is 23.8 Å². The van der Waals surface area contributed by atoms with E-state index in [9.17, 15) is 0 Å². The van der Waals surface area contributed by atoms with E-state index in [1.807, 2.05) is 24.2 Å². The molecule has 0 bridgehead atoms. The van der Waals surface area contributed by atoms with Crippen LogP contribution in [0.3, 0.4) is 0 Å². The third-order valence-corrected chi connectivity index (χ3v) is 4.49. The molecule has 1 aromatic heterocycles. The molecule has 0 spiro atoms. The quantitative estimate of drug-likeness (QED) is 0.869. The molecule has 1 atom stereocenters. The first-order valence-electron chi connectivity index (χ1n) is 6.07. The van der Waals surface area contributed by atoms with Crippen LogP contribution in [-0.4, -0.2) is 21.8 Å². The summed E-state index contributed by atoms with van der Waals surface area (Å²) < 4.78 is 0. The van der Waals surface area contributed by atoms with Crippen LogP contribution >= 0.6 is 11.8 Å². The Morgan fingerprint density at radius 2 is 2.06 bits per heavy atom. The number of rotatable bonds is 4. The molecule has 1 N–H and O–H groups in total. The predicted octanol–water partition coefficient (Wildman–Crippen LogP) is 2.30. The van der Waals surface area contributed by atoms with Crippen molar-refractivity contribution < 1.29 is 0 Å². The lowest BCUT2D eigenvalue weighted by Crippen LogP contribution is -2.15. The molecule has 1 saturated carbocycles. The molecule has 2 aliphatic rings. The molecule has 3 rings (SSSR count). The highest BCUT2D eigenvalue weighted by molar-refractivity contribution is 7.99. The maximum absolute atomic E-state index is 4.49. The summed E-state index contributed by atoms with van der Waals surface area (Å²) >= 11 is 1.99. The summed E-state index contributed by atoms with van der Waals surface area (Å²) in [6, 6.07) is 0.755. The lowest BCUT2D eigenvalue weighted by Gasteiger charge is -2.07. The van der Waals surface area contributed by atoms with Crippen molar-refractivity contribution in [3.8, 4) is 0 Å². The molecule has 0 radical (unpaired) electrons. The number of nitrogens with one attached hydrogen (secondary N) is 1. The summed E-state index contributed by atoms with van der Waals surface area (Å²) in [5.74, 6) is 2.29. The van der Waals surface area contributed by atoms with Crippen LogP contribution in [0.5, 0.6) is 0 Å². The monoisotopic (exact) mass is 235 g/mol. The van der Waals surface area contributed by atoms with Crippen molar-refractivity contribution in [2.24, 2.45) is 0 Å². The molecule has 86 valence electrons. The van der Waals surface area contributed by atoms with E-state index in [0.717, 1.165) is 18.4 Å². The van der Waals surface area contributed by atoms with Gasteiger partial charge < -0.3 is 5.32 Å². The smallest absolute Gasteiger partial charge is 0.141 e. The van der Waals surface area contributed by atoms with Crippen LogP contribution in [0.1, 0.15) is 42.3 Å². The summed E-state index contributed by atoms with van der Waals surface area (Å²) in [5.41, 5.74) is 1.21. The van der Waals surface area contributed by atoms with Gasteiger partial charge in [0.2, 0.25) is 0 Å². The molecule has 1 aromatic rings. The molecule has 16 heavy (non-hydrogen) atoms. The van der Waals surface area contributed by atoms with Gasteiger partial charge in [0.1, 0.15) is 5.82 Å². The third kappa shape index (κ3) is 2.55. The van der Waals surface area contributed by atoms with Gasteiger partial charge in [-0.2, -0.15) is 11.8 Å². The topological polar surface area (TPSA) is 37.8 Å². The highest BCUT2D eigenvalue weighted by Crippen LogP contribution is 2.37. The zero-order valence-corrected chi connectivity index (χ0v) is 10.2. The Balaban J connectivity index is 1.59. The van der Waals surface area contributed by atoms with Crippen LogP contribution in [0.2, 0.25) is 0 Å². The highest BCUT2D eigenvalue weighted by atomic mass is 32.2. The van der Waals surface area contributed by atoms with Gasteiger partial charge in [0.25, 0.3) is 0 Å². The molecular formula is C12H17N3S. The molecular weight excluding hydrogens is 218 g/mol. The van der Waals surface area contributed by atoms with Crippen LogP contribution in [0.15, 0.2) is 12.4 Å². The molecule has 3 nitrogen and oxygen atoms in total. The fourth-order valence-electron chi connectivity index (χ4n) is 1.95. The second kappa shape index (κ2) is 4.72. The van der Waals surface area contributed by atoms with E-state index in [-0.39, 0.29) is 0 Å². The fourth-order valence-corrected chi connectivity index (χ4v) is 3.18. The lowest BCUT2D eigenvalue weighted by molar-refractivity contribution is 0.679. The van der Waals surface area contributed by atoms with Crippen LogP contribution in [0.4, 0.5) is 0 Å². The van der Waals surface area contributed by atoms with Crippen molar-refractivity contribution in [2.75, 3.05) is 5.75 Å². The number of hydrogen-bond donors (Lipinski definition) is 1. The average Bonchev–Trinajstić information content (AvgIpc) is 3.00. The minimum atomic E-state index is 0.547. The SMILES string of the molecule is c1nc(C2CCCS2)ncc1CNC1CC1. The lowest BCUT2D eigenvalue weighted by atomic mass is 10.2. The van der Waals surface area contributed by atoms with Gasteiger partial charge in [-0.1, -0.05) is 0 Å². The van der Waals surface area contributed by atoms with E-state index >= 15 is 0 Å². The predicted molar refractivity (Wildman–Crippen MR) is 66.3 cm³/mol. The van der Waals surface area contributed by atoms with Gasteiger partial charge in [0.15, 0.2) is 0 Å². The first kappa shape index (κ1) is 10.5. The Morgan fingerprint density at radius 1 is 1.25 bits per heavy atom. The van der Waals surface area contributed by atoms with Crippen molar-refractivity contribution in [2.45, 2.75) is 43.5 Å². The summed E-state index contributed by atoms with van der Waals surface area (Å²) in [6.45, 7) is 0.919. The molecule has 0 aromatic carbocycles. The first-order chi connectivity index (χ1) is 7.92. The van der Waals surface area contributed by atoms with Crippen LogP contribution in [-0.2, 0) is 6.54 Å². The molecule has 2 fully saturated rings. The van der Waals surface area contributed by atoms with E-state index < -0.39 is 0 Å². The zero-order chi connectivity index (χ0) is 10.8. The molecule has 4 heteroatoms. The van der Waals surface area contributed by atoms with Crippen molar-refractivity contribution in [1.29, 1.82) is 0 Å². The van der Waals surface area contributed by atoms with Gasteiger partial charge in [-0.15, -0.1) is 0 Å². The largest absolute Gasteiger partial charge is 0.310 e. The first-order valence-corrected chi connectivity index (χ1v) is 7.12. The van der Waals surface area contributed by atoms with Crippen LogP contribution in [0.25, 0.3) is 0 Å². The Labute approximate surface area is 100 Å². The van der Waals surface area contributed by atoms with E-state index in [1.165, 1.54) is 37.0 Å². The molecule has 1 aliphatic heterocycles. The number of hydrogen-bond acceptors (Lipinski definition) is 4. The second-order valence-electron chi connectivity index (χ2n) is 4.61. The minimum absolute atomic E-state index is 0.547. The van der Waals surface area contributed by atoms with Crippen molar-refractivity contribution in [3.63, 3.8) is 0 Å². The van der Waals surface area contributed by atoms with E-state index in [0.29, 0.717) is 5.25 Å². The zero-order valence-electron chi connectivity index (χ0n) is 9.35. The molecule has 2 heterocycles. The average molecular weight is 235 g/mol. The van der Waals surface area contributed by atoms with E-state index in [1.54, 1.807) is 0 Å². The van der Waals surface area contributed by atoms with Crippen LogP contribution in [0, 0.1) is 0 Å². The van der Waals surface area contributed by atoms with E-state index in [4.69, 9.17) is 0 Å². The molecule has 0 amide bonds. The summed E-state index contributed by atoms with van der Waals surface area (Å²) in [4.78, 5) is 8.97. The fraction of sp³-hybridized carbons (Fsp3) is 0.667. The molecule has 1 saturated heterocycles. The Kier molecular flexibility index (Phi) is 3.11. The Hall–Kier alpha value is -0.610. The van der Waals surface area contributed by atoms with Crippen LogP contribution < -0.4 is 5.32 Å². The van der Waals surface area contributed by atoms with Gasteiger partial charge in [0.05, 0.1) is 5.25 Å². The summed E-state index contributed by atoms with van der Waals surface area (Å²) in [7, 11) is 0. The standard InChI is InChI=1S/C12H17N3S/c1-2-11(16-5-1)12-14-7-9(8-15-12)6-13-10-3-4-10/h7-8,10-11,13H,1-6H2. The number of aromatic nitrogens is 2. The maximum Gasteiger partial charge on any atom is 0.141 e.